The maximum atomic E-state index is 12.9. The number of aliphatic imine (C=N–C) groups is 1. The van der Waals surface area contributed by atoms with E-state index in [4.69, 9.17) is 5.73 Å². The summed E-state index contributed by atoms with van der Waals surface area (Å²) in [6.07, 6.45) is -4.50. The number of benzene rings is 1. The van der Waals surface area contributed by atoms with Gasteiger partial charge in [-0.1, -0.05) is 28.1 Å². The van der Waals surface area contributed by atoms with Crippen molar-refractivity contribution in [2.24, 2.45) is 10.7 Å². The Balaban J connectivity index is 2.20. The molecule has 0 amide bonds. The molecule has 1 unspecified atom stereocenters. The second-order valence-corrected chi connectivity index (χ2v) is 6.17. The van der Waals surface area contributed by atoms with E-state index in [9.17, 15) is 13.2 Å². The van der Waals surface area contributed by atoms with Crippen LogP contribution in [-0.4, -0.2) is 15.6 Å². The second kappa shape index (κ2) is 4.84. The molecule has 2 aromatic rings. The molecule has 4 nitrogen and oxygen atoms in total. The first kappa shape index (κ1) is 15.1. The van der Waals surface area contributed by atoms with Gasteiger partial charge in [-0.3, -0.25) is 9.67 Å². The number of fused-ring (bicyclic) bond motifs is 1. The maximum absolute atomic E-state index is 12.9. The number of amidine groups is 1. The standard InChI is InChI=1S/C14H12BrF3N4/c1-13(8-3-2-4-9(15)5-8)11-6-10(14(16,17)18)21-22(11)7-12(19)20-13/h2-6H,7H2,1H3,(H2,19,20). The van der Waals surface area contributed by atoms with Gasteiger partial charge in [0.1, 0.15) is 11.4 Å². The van der Waals surface area contributed by atoms with E-state index in [1.807, 2.05) is 12.1 Å². The van der Waals surface area contributed by atoms with E-state index < -0.39 is 17.4 Å². The van der Waals surface area contributed by atoms with Gasteiger partial charge in [0.05, 0.1) is 12.2 Å². The lowest BCUT2D eigenvalue weighted by atomic mass is 9.88. The largest absolute Gasteiger partial charge is 0.435 e. The lowest BCUT2D eigenvalue weighted by molar-refractivity contribution is -0.141. The van der Waals surface area contributed by atoms with E-state index in [0.29, 0.717) is 5.69 Å². The number of halogens is 4. The van der Waals surface area contributed by atoms with Crippen molar-refractivity contribution in [3.05, 3.63) is 51.8 Å². The molecular weight excluding hydrogens is 361 g/mol. The molecule has 22 heavy (non-hydrogen) atoms. The molecule has 1 aliphatic rings. The van der Waals surface area contributed by atoms with E-state index in [1.165, 1.54) is 4.68 Å². The maximum Gasteiger partial charge on any atom is 0.435 e. The highest BCUT2D eigenvalue weighted by molar-refractivity contribution is 9.10. The molecule has 1 aromatic carbocycles. The fraction of sp³-hybridized carbons (Fsp3) is 0.286. The molecule has 0 radical (unpaired) electrons. The third-order valence-electron chi connectivity index (χ3n) is 3.63. The van der Waals surface area contributed by atoms with Gasteiger partial charge < -0.3 is 5.73 Å². The van der Waals surface area contributed by atoms with Gasteiger partial charge in [-0.25, -0.2) is 0 Å². The smallest absolute Gasteiger partial charge is 0.386 e. The van der Waals surface area contributed by atoms with E-state index in [-0.39, 0.29) is 12.4 Å². The highest BCUT2D eigenvalue weighted by Gasteiger charge is 2.41. The van der Waals surface area contributed by atoms with Crippen molar-refractivity contribution in [3.63, 3.8) is 0 Å². The minimum absolute atomic E-state index is 0.0506. The van der Waals surface area contributed by atoms with Gasteiger partial charge in [-0.05, 0) is 30.7 Å². The monoisotopic (exact) mass is 372 g/mol. The van der Waals surface area contributed by atoms with Crippen molar-refractivity contribution in [2.45, 2.75) is 25.2 Å². The number of hydrogen-bond donors (Lipinski definition) is 1. The van der Waals surface area contributed by atoms with Gasteiger partial charge in [0, 0.05) is 4.47 Å². The summed E-state index contributed by atoms with van der Waals surface area (Å²) in [5.41, 5.74) is 4.97. The fourth-order valence-corrected chi connectivity index (χ4v) is 3.00. The lowest BCUT2D eigenvalue weighted by Crippen LogP contribution is -2.36. The Bertz CT molecular complexity index is 766. The summed E-state index contributed by atoms with van der Waals surface area (Å²) in [5.74, 6) is 0.242. The molecule has 2 heterocycles. The molecule has 2 N–H and O–H groups in total. The van der Waals surface area contributed by atoms with Crippen LogP contribution in [0.4, 0.5) is 13.2 Å². The van der Waals surface area contributed by atoms with Crippen molar-refractivity contribution in [1.29, 1.82) is 0 Å². The van der Waals surface area contributed by atoms with Gasteiger partial charge in [-0.2, -0.15) is 18.3 Å². The van der Waals surface area contributed by atoms with Crippen LogP contribution in [0.3, 0.4) is 0 Å². The van der Waals surface area contributed by atoms with Crippen LogP contribution in [0.25, 0.3) is 0 Å². The van der Waals surface area contributed by atoms with Crippen LogP contribution < -0.4 is 5.73 Å². The van der Waals surface area contributed by atoms with Crippen molar-refractivity contribution in [3.8, 4) is 0 Å². The molecule has 0 bridgehead atoms. The molecule has 1 atom stereocenters. The number of nitrogens with two attached hydrogens (primary N) is 1. The zero-order chi connectivity index (χ0) is 16.1. The topological polar surface area (TPSA) is 56.2 Å². The zero-order valence-corrected chi connectivity index (χ0v) is 13.1. The Morgan fingerprint density at radius 1 is 1.32 bits per heavy atom. The Morgan fingerprint density at radius 3 is 2.68 bits per heavy atom. The minimum atomic E-state index is -4.50. The highest BCUT2D eigenvalue weighted by Crippen LogP contribution is 2.39. The SMILES string of the molecule is CC1(c2cccc(Br)c2)N=C(N)Cn2nc(C(F)(F)F)cc21. The van der Waals surface area contributed by atoms with Crippen LogP contribution in [0.5, 0.6) is 0 Å². The average molecular weight is 373 g/mol. The predicted molar refractivity (Wildman–Crippen MR) is 79.4 cm³/mol. The Labute approximate surface area is 133 Å². The predicted octanol–water partition coefficient (Wildman–Crippen LogP) is 3.30. The third-order valence-corrected chi connectivity index (χ3v) is 4.13. The minimum Gasteiger partial charge on any atom is -0.386 e. The number of nitrogens with zero attached hydrogens (tertiary/aromatic N) is 3. The third kappa shape index (κ3) is 2.41. The quantitative estimate of drug-likeness (QED) is 0.834. The van der Waals surface area contributed by atoms with Crippen molar-refractivity contribution in [1.82, 2.24) is 9.78 Å². The fourth-order valence-electron chi connectivity index (χ4n) is 2.60. The Hall–Kier alpha value is -1.83. The van der Waals surface area contributed by atoms with Gasteiger partial charge in [-0.15, -0.1) is 0 Å². The molecule has 0 saturated carbocycles. The molecule has 0 fully saturated rings. The summed E-state index contributed by atoms with van der Waals surface area (Å²) in [6.45, 7) is 1.78. The number of aromatic nitrogens is 2. The summed E-state index contributed by atoms with van der Waals surface area (Å²) in [7, 11) is 0. The van der Waals surface area contributed by atoms with Crippen LogP contribution in [0.1, 0.15) is 23.9 Å². The van der Waals surface area contributed by atoms with Gasteiger partial charge in [0.15, 0.2) is 5.69 Å². The van der Waals surface area contributed by atoms with Crippen LogP contribution in [0.15, 0.2) is 39.8 Å². The molecule has 8 heteroatoms. The van der Waals surface area contributed by atoms with Crippen molar-refractivity contribution >= 4 is 21.8 Å². The van der Waals surface area contributed by atoms with Gasteiger partial charge in [0.25, 0.3) is 0 Å². The first-order chi connectivity index (χ1) is 10.2. The van der Waals surface area contributed by atoms with E-state index in [0.717, 1.165) is 16.1 Å². The molecule has 0 saturated heterocycles. The van der Waals surface area contributed by atoms with Gasteiger partial charge in [0.2, 0.25) is 0 Å². The number of hydrogen-bond acceptors (Lipinski definition) is 3. The summed E-state index contributed by atoms with van der Waals surface area (Å²) in [6, 6.07) is 8.29. The van der Waals surface area contributed by atoms with Crippen LogP contribution in [-0.2, 0) is 18.3 Å². The van der Waals surface area contributed by atoms with E-state index >= 15 is 0 Å². The van der Waals surface area contributed by atoms with E-state index in [1.54, 1.807) is 19.1 Å². The molecule has 0 aliphatic carbocycles. The summed E-state index contributed by atoms with van der Waals surface area (Å²) >= 11 is 3.36. The van der Waals surface area contributed by atoms with E-state index in [2.05, 4.69) is 26.0 Å². The normalized spacial score (nSPS) is 21.4. The number of alkyl halides is 3. The Kier molecular flexibility index (Phi) is 3.32. The molecule has 1 aromatic heterocycles. The first-order valence-corrected chi connectivity index (χ1v) is 7.25. The lowest BCUT2D eigenvalue weighted by Gasteiger charge is -2.31. The van der Waals surface area contributed by atoms with Crippen LogP contribution in [0, 0.1) is 0 Å². The molecular formula is C14H12BrF3N4. The summed E-state index contributed by atoms with van der Waals surface area (Å²) in [4.78, 5) is 4.41. The van der Waals surface area contributed by atoms with Crippen molar-refractivity contribution < 1.29 is 13.2 Å². The summed E-state index contributed by atoms with van der Waals surface area (Å²) in [5, 5.41) is 3.63. The first-order valence-electron chi connectivity index (χ1n) is 6.46. The van der Waals surface area contributed by atoms with Gasteiger partial charge >= 0.3 is 6.18 Å². The zero-order valence-electron chi connectivity index (χ0n) is 11.5. The molecule has 3 rings (SSSR count). The Morgan fingerprint density at radius 2 is 2.05 bits per heavy atom. The molecule has 1 aliphatic heterocycles. The highest BCUT2D eigenvalue weighted by atomic mass is 79.9. The van der Waals surface area contributed by atoms with Crippen LogP contribution >= 0.6 is 15.9 Å². The van der Waals surface area contributed by atoms with Crippen molar-refractivity contribution in [2.75, 3.05) is 0 Å². The average Bonchev–Trinajstić information content (AvgIpc) is 2.83. The molecule has 116 valence electrons. The summed E-state index contributed by atoms with van der Waals surface area (Å²) < 4.78 is 40.9. The van der Waals surface area contributed by atoms with Crippen LogP contribution in [0.2, 0.25) is 0 Å². The number of rotatable bonds is 1. The second-order valence-electron chi connectivity index (χ2n) is 5.26. The molecule has 0 spiro atoms.